The Hall–Kier alpha value is -0.960. The van der Waals surface area contributed by atoms with Gasteiger partial charge in [0, 0.05) is 6.42 Å². The van der Waals surface area contributed by atoms with Crippen LogP contribution in [0.1, 0.15) is 19.8 Å². The normalized spacial score (nSPS) is 22.9. The summed E-state index contributed by atoms with van der Waals surface area (Å²) in [5.41, 5.74) is 0. The highest BCUT2D eigenvalue weighted by Gasteiger charge is 2.18. The maximum Gasteiger partial charge on any atom is 0.240 e. The van der Waals surface area contributed by atoms with Crippen LogP contribution in [-0.2, 0) is 9.47 Å². The molecule has 0 bridgehead atoms. The molecule has 3 nitrogen and oxygen atoms in total. The molecule has 0 spiro atoms. The third kappa shape index (κ3) is 3.11. The Kier molecular flexibility index (Phi) is 3.83. The number of rotatable bonds is 5. The van der Waals surface area contributed by atoms with E-state index < -0.39 is 0 Å². The van der Waals surface area contributed by atoms with Gasteiger partial charge in [0.2, 0.25) is 6.29 Å². The first kappa shape index (κ1) is 10.1. The molecule has 0 aliphatic carbocycles. The first-order valence-electron chi connectivity index (χ1n) is 4.51. The third-order valence-electron chi connectivity index (χ3n) is 2.05. The van der Waals surface area contributed by atoms with E-state index in [4.69, 9.17) is 14.6 Å². The van der Waals surface area contributed by atoms with E-state index in [9.17, 15) is 0 Å². The molecule has 0 radical (unpaired) electrons. The van der Waals surface area contributed by atoms with Gasteiger partial charge >= 0.3 is 0 Å². The van der Waals surface area contributed by atoms with Gasteiger partial charge < -0.3 is 14.6 Å². The van der Waals surface area contributed by atoms with Crippen molar-refractivity contribution in [3.8, 4) is 0 Å². The summed E-state index contributed by atoms with van der Waals surface area (Å²) in [6.07, 6.45) is 4.98. The molecule has 2 atom stereocenters. The highest BCUT2D eigenvalue weighted by atomic mass is 16.7. The van der Waals surface area contributed by atoms with Crippen LogP contribution in [-0.4, -0.2) is 18.0 Å². The van der Waals surface area contributed by atoms with Crippen molar-refractivity contribution >= 4 is 0 Å². The Morgan fingerprint density at radius 2 is 2.54 bits per heavy atom. The van der Waals surface area contributed by atoms with E-state index in [1.54, 1.807) is 0 Å². The number of hydrogen-bond donors (Lipinski definition) is 1. The second-order valence-corrected chi connectivity index (χ2v) is 3.22. The fourth-order valence-corrected chi connectivity index (χ4v) is 1.09. The molecule has 74 valence electrons. The average Bonchev–Trinajstić information content (AvgIpc) is 2.61. The smallest absolute Gasteiger partial charge is 0.240 e. The molecule has 0 aromatic heterocycles. The van der Waals surface area contributed by atoms with Crippen LogP contribution in [0, 0.1) is 5.92 Å². The van der Waals surface area contributed by atoms with Crippen molar-refractivity contribution in [1.29, 1.82) is 0 Å². The molecule has 1 rings (SSSR count). The van der Waals surface area contributed by atoms with Crippen molar-refractivity contribution in [2.45, 2.75) is 26.1 Å². The van der Waals surface area contributed by atoms with Crippen LogP contribution in [0.25, 0.3) is 0 Å². The largest absolute Gasteiger partial charge is 0.459 e. The summed E-state index contributed by atoms with van der Waals surface area (Å²) in [7, 11) is 0. The molecule has 0 aromatic carbocycles. The minimum Gasteiger partial charge on any atom is -0.459 e. The third-order valence-corrected chi connectivity index (χ3v) is 2.05. The van der Waals surface area contributed by atoms with Gasteiger partial charge in [0.05, 0.1) is 0 Å². The molecule has 3 heteroatoms. The van der Waals surface area contributed by atoms with Crippen LogP contribution >= 0.6 is 0 Å². The summed E-state index contributed by atoms with van der Waals surface area (Å²) in [4.78, 5) is 0. The molecular weight excluding hydrogens is 168 g/mol. The summed E-state index contributed by atoms with van der Waals surface area (Å²) in [6.45, 7) is 5.71. The zero-order valence-corrected chi connectivity index (χ0v) is 7.90. The second kappa shape index (κ2) is 4.92. The van der Waals surface area contributed by atoms with E-state index in [-0.39, 0.29) is 12.9 Å². The molecule has 1 heterocycles. The maximum absolute atomic E-state index is 8.72. The predicted molar refractivity (Wildman–Crippen MR) is 49.7 cm³/mol. The summed E-state index contributed by atoms with van der Waals surface area (Å²) in [6, 6.07) is 0. The van der Waals surface area contributed by atoms with Gasteiger partial charge in [-0.15, -0.1) is 6.58 Å². The summed E-state index contributed by atoms with van der Waals surface area (Å²) in [5.74, 6) is 0.988. The van der Waals surface area contributed by atoms with Crippen molar-refractivity contribution < 1.29 is 14.6 Å². The van der Waals surface area contributed by atoms with E-state index in [1.165, 1.54) is 6.26 Å². The zero-order valence-electron chi connectivity index (χ0n) is 7.90. The van der Waals surface area contributed by atoms with Crippen molar-refractivity contribution in [3.63, 3.8) is 0 Å². The Morgan fingerprint density at radius 1 is 1.77 bits per heavy atom. The molecule has 1 aliphatic rings. The fourth-order valence-electron chi connectivity index (χ4n) is 1.09. The van der Waals surface area contributed by atoms with Crippen molar-refractivity contribution in [2.75, 3.05) is 6.61 Å². The van der Waals surface area contributed by atoms with Crippen molar-refractivity contribution in [1.82, 2.24) is 0 Å². The molecule has 0 saturated heterocycles. The average molecular weight is 184 g/mol. The van der Waals surface area contributed by atoms with Crippen LogP contribution in [0.5, 0.6) is 0 Å². The zero-order chi connectivity index (χ0) is 9.68. The van der Waals surface area contributed by atoms with Crippen LogP contribution in [0.15, 0.2) is 24.7 Å². The van der Waals surface area contributed by atoms with Gasteiger partial charge in [-0.05, 0) is 12.3 Å². The summed E-state index contributed by atoms with van der Waals surface area (Å²) < 4.78 is 10.4. The van der Waals surface area contributed by atoms with E-state index in [2.05, 4.69) is 13.5 Å². The predicted octanol–water partition coefficient (Wildman–Crippen LogP) is 1.80. The summed E-state index contributed by atoms with van der Waals surface area (Å²) >= 11 is 0. The monoisotopic (exact) mass is 184 g/mol. The molecular formula is C10H16O3. The molecule has 13 heavy (non-hydrogen) atoms. The van der Waals surface area contributed by atoms with Gasteiger partial charge in [-0.2, -0.15) is 0 Å². The number of aliphatic hydroxyl groups is 1. The van der Waals surface area contributed by atoms with Crippen LogP contribution in [0.2, 0.25) is 0 Å². The number of allylic oxidation sites excluding steroid dienone is 1. The molecule has 0 saturated carbocycles. The second-order valence-electron chi connectivity index (χ2n) is 3.22. The lowest BCUT2D eigenvalue weighted by Crippen LogP contribution is -2.10. The van der Waals surface area contributed by atoms with Gasteiger partial charge in [0.25, 0.3) is 0 Å². The molecule has 0 amide bonds. The molecule has 1 aliphatic heterocycles. The fraction of sp³-hybridized carbons (Fsp3) is 0.600. The highest BCUT2D eigenvalue weighted by molar-refractivity contribution is 4.92. The highest BCUT2D eigenvalue weighted by Crippen LogP contribution is 2.19. The number of aliphatic hydroxyl groups excluding tert-OH is 1. The van der Waals surface area contributed by atoms with Crippen LogP contribution in [0.4, 0.5) is 0 Å². The van der Waals surface area contributed by atoms with E-state index >= 15 is 0 Å². The quantitative estimate of drug-likeness (QED) is 0.662. The van der Waals surface area contributed by atoms with Crippen LogP contribution in [0.3, 0.4) is 0 Å². The number of ether oxygens (including phenoxy) is 2. The van der Waals surface area contributed by atoms with E-state index in [0.717, 1.165) is 12.8 Å². The van der Waals surface area contributed by atoms with Crippen molar-refractivity contribution in [2.24, 2.45) is 5.92 Å². The minimum atomic E-state index is -0.218. The minimum absolute atomic E-state index is 0.0898. The van der Waals surface area contributed by atoms with E-state index in [1.807, 2.05) is 6.08 Å². The Bertz CT molecular complexity index is 198. The van der Waals surface area contributed by atoms with Crippen molar-refractivity contribution in [3.05, 3.63) is 24.7 Å². The SMILES string of the molecule is C=CC(C)CCC1OC=C(CO)O1. The summed E-state index contributed by atoms with van der Waals surface area (Å²) in [5, 5.41) is 8.72. The lowest BCUT2D eigenvalue weighted by Gasteiger charge is -2.12. The van der Waals surface area contributed by atoms with Gasteiger partial charge in [0.1, 0.15) is 12.9 Å². The van der Waals surface area contributed by atoms with Gasteiger partial charge in [-0.25, -0.2) is 0 Å². The lowest BCUT2D eigenvalue weighted by molar-refractivity contribution is -0.0443. The molecule has 2 unspecified atom stereocenters. The first-order chi connectivity index (χ1) is 6.26. The maximum atomic E-state index is 8.72. The van der Waals surface area contributed by atoms with Gasteiger partial charge in [-0.1, -0.05) is 13.0 Å². The molecule has 1 N–H and O–H groups in total. The van der Waals surface area contributed by atoms with Gasteiger partial charge in [0.15, 0.2) is 5.76 Å². The van der Waals surface area contributed by atoms with Gasteiger partial charge in [-0.3, -0.25) is 0 Å². The Morgan fingerprint density at radius 3 is 3.08 bits per heavy atom. The lowest BCUT2D eigenvalue weighted by atomic mass is 10.1. The molecule has 0 fully saturated rings. The van der Waals surface area contributed by atoms with Crippen LogP contribution < -0.4 is 0 Å². The first-order valence-corrected chi connectivity index (χ1v) is 4.51. The topological polar surface area (TPSA) is 38.7 Å². The Balaban J connectivity index is 2.16. The molecule has 0 aromatic rings. The Labute approximate surface area is 78.7 Å². The van der Waals surface area contributed by atoms with E-state index in [0.29, 0.717) is 11.7 Å². The number of hydrogen-bond acceptors (Lipinski definition) is 3. The standard InChI is InChI=1S/C10H16O3/c1-3-8(2)4-5-10-12-7-9(6-11)13-10/h3,7-8,10-11H,1,4-6H2,2H3.